The van der Waals surface area contributed by atoms with Crippen LogP contribution in [0, 0.1) is 5.92 Å². The van der Waals surface area contributed by atoms with E-state index in [0.717, 1.165) is 4.47 Å². The number of nitrogens with zero attached hydrogens (tertiary/aromatic N) is 2. The van der Waals surface area contributed by atoms with E-state index in [4.69, 9.17) is 16.3 Å². The van der Waals surface area contributed by atoms with E-state index in [9.17, 15) is 9.59 Å². The van der Waals surface area contributed by atoms with E-state index in [1.165, 1.54) is 0 Å². The zero-order valence-electron chi connectivity index (χ0n) is 15.3. The summed E-state index contributed by atoms with van der Waals surface area (Å²) in [6, 6.07) is 5.45. The lowest BCUT2D eigenvalue weighted by Gasteiger charge is -2.35. The van der Waals surface area contributed by atoms with Crippen molar-refractivity contribution in [3.8, 4) is 5.75 Å². The molecule has 0 radical (unpaired) electrons. The molecule has 1 aromatic rings. The number of benzene rings is 1. The number of halogens is 2. The highest BCUT2D eigenvalue weighted by Gasteiger charge is 2.24. The molecule has 1 fully saturated rings. The van der Waals surface area contributed by atoms with Crippen molar-refractivity contribution in [2.45, 2.75) is 33.1 Å². The van der Waals surface area contributed by atoms with Gasteiger partial charge in [0, 0.05) is 43.5 Å². The summed E-state index contributed by atoms with van der Waals surface area (Å²) in [6.07, 6.45) is 1.65. The summed E-state index contributed by atoms with van der Waals surface area (Å²) < 4.78 is 6.54. The zero-order chi connectivity index (χ0) is 19.1. The number of hydrogen-bond donors (Lipinski definition) is 0. The Morgan fingerprint density at radius 2 is 1.77 bits per heavy atom. The highest BCUT2D eigenvalue weighted by Crippen LogP contribution is 2.27. The fourth-order valence-corrected chi connectivity index (χ4v) is 3.57. The first-order valence-electron chi connectivity index (χ1n) is 9.00. The van der Waals surface area contributed by atoms with Crippen LogP contribution in [0.2, 0.25) is 5.02 Å². The maximum atomic E-state index is 12.3. The standard InChI is InChI=1S/C19H26BrClN2O3/c1-14(2)12-19(25)23-9-7-22(8-10-23)18(24)4-3-11-26-17-6-5-15(20)13-16(17)21/h5-6,13-14H,3-4,7-12H2,1-2H3. The van der Waals surface area contributed by atoms with E-state index in [0.29, 0.717) is 68.7 Å². The lowest BCUT2D eigenvalue weighted by atomic mass is 10.1. The van der Waals surface area contributed by atoms with Crippen LogP contribution >= 0.6 is 27.5 Å². The van der Waals surface area contributed by atoms with Gasteiger partial charge >= 0.3 is 0 Å². The van der Waals surface area contributed by atoms with E-state index < -0.39 is 0 Å². The van der Waals surface area contributed by atoms with Crippen molar-refractivity contribution in [2.75, 3.05) is 32.8 Å². The highest BCUT2D eigenvalue weighted by molar-refractivity contribution is 9.10. The molecular weight excluding hydrogens is 420 g/mol. The lowest BCUT2D eigenvalue weighted by Crippen LogP contribution is -2.50. The largest absolute Gasteiger partial charge is 0.492 e. The van der Waals surface area contributed by atoms with Crippen molar-refractivity contribution >= 4 is 39.3 Å². The van der Waals surface area contributed by atoms with Gasteiger partial charge in [-0.05, 0) is 30.5 Å². The van der Waals surface area contributed by atoms with Crippen LogP contribution < -0.4 is 4.74 Å². The first-order valence-corrected chi connectivity index (χ1v) is 10.2. The monoisotopic (exact) mass is 444 g/mol. The molecule has 0 saturated carbocycles. The number of carbonyl (C=O) groups is 2. The summed E-state index contributed by atoms with van der Waals surface area (Å²) in [5.41, 5.74) is 0. The predicted molar refractivity (Wildman–Crippen MR) is 106 cm³/mol. The smallest absolute Gasteiger partial charge is 0.222 e. The van der Waals surface area contributed by atoms with Crippen molar-refractivity contribution < 1.29 is 14.3 Å². The van der Waals surface area contributed by atoms with Crippen LogP contribution in [0.5, 0.6) is 5.75 Å². The Labute approximate surface area is 168 Å². The Bertz CT molecular complexity index is 631. The van der Waals surface area contributed by atoms with Crippen molar-refractivity contribution in [3.05, 3.63) is 27.7 Å². The van der Waals surface area contributed by atoms with Gasteiger partial charge in [-0.2, -0.15) is 0 Å². The predicted octanol–water partition coefficient (Wildman–Crippen LogP) is 3.98. The Morgan fingerprint density at radius 1 is 1.15 bits per heavy atom. The van der Waals surface area contributed by atoms with Gasteiger partial charge in [0.25, 0.3) is 0 Å². The zero-order valence-corrected chi connectivity index (χ0v) is 17.7. The van der Waals surface area contributed by atoms with Crippen LogP contribution in [0.25, 0.3) is 0 Å². The van der Waals surface area contributed by atoms with E-state index in [1.54, 1.807) is 6.07 Å². The van der Waals surface area contributed by atoms with E-state index in [2.05, 4.69) is 15.9 Å². The molecule has 0 unspecified atom stereocenters. The van der Waals surface area contributed by atoms with Gasteiger partial charge in [0.15, 0.2) is 0 Å². The molecule has 1 aliphatic heterocycles. The van der Waals surface area contributed by atoms with Crippen LogP contribution in [0.15, 0.2) is 22.7 Å². The van der Waals surface area contributed by atoms with Gasteiger partial charge in [0.2, 0.25) is 11.8 Å². The molecule has 1 heterocycles. The molecule has 0 N–H and O–H groups in total. The molecule has 0 aliphatic carbocycles. The van der Waals surface area contributed by atoms with Crippen LogP contribution in [-0.2, 0) is 9.59 Å². The first kappa shape index (κ1) is 21.0. The second-order valence-electron chi connectivity index (χ2n) is 6.89. The summed E-state index contributed by atoms with van der Waals surface area (Å²) in [5, 5.41) is 0.549. The van der Waals surface area contributed by atoms with Gasteiger partial charge in [0.1, 0.15) is 5.75 Å². The molecule has 1 saturated heterocycles. The summed E-state index contributed by atoms with van der Waals surface area (Å²) in [7, 11) is 0. The normalized spacial score (nSPS) is 14.7. The van der Waals surface area contributed by atoms with E-state index >= 15 is 0 Å². The van der Waals surface area contributed by atoms with E-state index in [-0.39, 0.29) is 11.8 Å². The second-order valence-corrected chi connectivity index (χ2v) is 8.21. The third-order valence-electron chi connectivity index (χ3n) is 4.25. The highest BCUT2D eigenvalue weighted by atomic mass is 79.9. The third kappa shape index (κ3) is 6.47. The van der Waals surface area contributed by atoms with Gasteiger partial charge in [-0.25, -0.2) is 0 Å². The third-order valence-corrected chi connectivity index (χ3v) is 5.04. The van der Waals surface area contributed by atoms with Crippen molar-refractivity contribution in [1.82, 2.24) is 9.80 Å². The molecule has 2 amide bonds. The van der Waals surface area contributed by atoms with Crippen molar-refractivity contribution in [2.24, 2.45) is 5.92 Å². The van der Waals surface area contributed by atoms with Gasteiger partial charge in [-0.15, -0.1) is 0 Å². The topological polar surface area (TPSA) is 49.9 Å². The van der Waals surface area contributed by atoms with Gasteiger partial charge in [0.05, 0.1) is 11.6 Å². The van der Waals surface area contributed by atoms with Crippen molar-refractivity contribution in [1.29, 1.82) is 0 Å². The Morgan fingerprint density at radius 3 is 2.35 bits per heavy atom. The Balaban J connectivity index is 1.67. The van der Waals surface area contributed by atoms with Crippen LogP contribution in [-0.4, -0.2) is 54.4 Å². The lowest BCUT2D eigenvalue weighted by molar-refractivity contribution is -0.140. The minimum atomic E-state index is 0.117. The summed E-state index contributed by atoms with van der Waals surface area (Å²) in [4.78, 5) is 28.1. The fourth-order valence-electron chi connectivity index (χ4n) is 2.84. The molecular formula is C19H26BrClN2O3. The Kier molecular flexibility index (Phi) is 8.22. The molecule has 144 valence electrons. The average molecular weight is 446 g/mol. The number of hydrogen-bond acceptors (Lipinski definition) is 3. The molecule has 0 atom stereocenters. The second kappa shape index (κ2) is 10.2. The molecule has 26 heavy (non-hydrogen) atoms. The Hall–Kier alpha value is -1.27. The number of amides is 2. The first-order chi connectivity index (χ1) is 12.4. The summed E-state index contributed by atoms with van der Waals surface area (Å²) in [5.74, 6) is 1.29. The molecule has 0 aromatic heterocycles. The molecule has 1 aromatic carbocycles. The minimum Gasteiger partial charge on any atom is -0.492 e. The van der Waals surface area contributed by atoms with Gasteiger partial charge in [-0.3, -0.25) is 9.59 Å². The molecule has 0 spiro atoms. The molecule has 1 aliphatic rings. The number of ether oxygens (including phenoxy) is 1. The maximum Gasteiger partial charge on any atom is 0.222 e. The van der Waals surface area contributed by atoms with Gasteiger partial charge < -0.3 is 14.5 Å². The molecule has 7 heteroatoms. The van der Waals surface area contributed by atoms with Crippen LogP contribution in [0.1, 0.15) is 33.1 Å². The SMILES string of the molecule is CC(C)CC(=O)N1CCN(C(=O)CCCOc2ccc(Br)cc2Cl)CC1. The van der Waals surface area contributed by atoms with Crippen LogP contribution in [0.4, 0.5) is 0 Å². The van der Waals surface area contributed by atoms with Crippen molar-refractivity contribution in [3.63, 3.8) is 0 Å². The summed E-state index contributed by atoms with van der Waals surface area (Å²) >= 11 is 9.45. The summed E-state index contributed by atoms with van der Waals surface area (Å²) in [6.45, 7) is 7.01. The van der Waals surface area contributed by atoms with E-state index in [1.807, 2.05) is 35.8 Å². The number of piperazine rings is 1. The number of rotatable bonds is 7. The molecule has 0 bridgehead atoms. The number of carbonyl (C=O) groups excluding carboxylic acids is 2. The quantitative estimate of drug-likeness (QED) is 0.597. The molecule has 2 rings (SSSR count). The fraction of sp³-hybridized carbons (Fsp3) is 0.579. The molecule has 5 nitrogen and oxygen atoms in total. The average Bonchev–Trinajstić information content (AvgIpc) is 2.59. The minimum absolute atomic E-state index is 0.117. The van der Waals surface area contributed by atoms with Gasteiger partial charge in [-0.1, -0.05) is 41.4 Å². The maximum absolute atomic E-state index is 12.3. The van der Waals surface area contributed by atoms with Crippen LogP contribution in [0.3, 0.4) is 0 Å².